The molecule has 0 saturated carbocycles. The maximum absolute atomic E-state index is 12.5. The third kappa shape index (κ3) is 5.41. The summed E-state index contributed by atoms with van der Waals surface area (Å²) in [6.07, 6.45) is 0. The Morgan fingerprint density at radius 1 is 1.08 bits per heavy atom. The SMILES string of the molecule is CCN(CC(=O)NCc1ccc(Cl)cc1)C(=O)c1ccc(C(C)=O)s1. The molecule has 7 heteroatoms. The van der Waals surface area contributed by atoms with Crippen LogP contribution in [-0.2, 0) is 11.3 Å². The molecule has 1 N–H and O–H groups in total. The molecule has 1 aromatic heterocycles. The summed E-state index contributed by atoms with van der Waals surface area (Å²) in [6.45, 7) is 4.01. The predicted octanol–water partition coefficient (Wildman–Crippen LogP) is 3.38. The molecular formula is C18H19ClN2O3S. The Bertz CT molecular complexity index is 771. The zero-order valence-electron chi connectivity index (χ0n) is 14.0. The summed E-state index contributed by atoms with van der Waals surface area (Å²) in [5.74, 6) is -0.567. The highest BCUT2D eigenvalue weighted by molar-refractivity contribution is 7.15. The number of ketones is 1. The first-order valence-electron chi connectivity index (χ1n) is 7.82. The Balaban J connectivity index is 1.93. The van der Waals surface area contributed by atoms with Crippen molar-refractivity contribution in [2.24, 2.45) is 0 Å². The number of thiophene rings is 1. The van der Waals surface area contributed by atoms with Gasteiger partial charge in [0.05, 0.1) is 16.3 Å². The van der Waals surface area contributed by atoms with E-state index in [1.165, 1.54) is 11.8 Å². The van der Waals surface area contributed by atoms with Crippen LogP contribution in [0.1, 0.15) is 38.8 Å². The average molecular weight is 379 g/mol. The van der Waals surface area contributed by atoms with Crippen molar-refractivity contribution in [3.8, 4) is 0 Å². The number of likely N-dealkylation sites (N-methyl/N-ethyl adjacent to an activating group) is 1. The summed E-state index contributed by atoms with van der Waals surface area (Å²) in [5.41, 5.74) is 0.927. The van der Waals surface area contributed by atoms with E-state index in [0.29, 0.717) is 27.9 Å². The fourth-order valence-corrected chi connectivity index (χ4v) is 3.15. The van der Waals surface area contributed by atoms with E-state index in [9.17, 15) is 14.4 Å². The molecule has 2 amide bonds. The number of hydrogen-bond donors (Lipinski definition) is 1. The third-order valence-electron chi connectivity index (χ3n) is 3.57. The fraction of sp³-hybridized carbons (Fsp3) is 0.278. The minimum atomic E-state index is -0.248. The van der Waals surface area contributed by atoms with Gasteiger partial charge >= 0.3 is 0 Å². The molecule has 25 heavy (non-hydrogen) atoms. The van der Waals surface area contributed by atoms with E-state index in [1.54, 1.807) is 24.3 Å². The van der Waals surface area contributed by atoms with Gasteiger partial charge in [0, 0.05) is 18.1 Å². The molecular weight excluding hydrogens is 360 g/mol. The van der Waals surface area contributed by atoms with E-state index >= 15 is 0 Å². The monoisotopic (exact) mass is 378 g/mol. The van der Waals surface area contributed by atoms with Crippen molar-refractivity contribution in [3.05, 3.63) is 56.7 Å². The molecule has 1 aromatic carbocycles. The predicted molar refractivity (Wildman–Crippen MR) is 99.2 cm³/mol. The number of rotatable bonds is 7. The molecule has 0 unspecified atom stereocenters. The normalized spacial score (nSPS) is 10.4. The second-order valence-corrected chi connectivity index (χ2v) is 6.96. The van der Waals surface area contributed by atoms with Crippen LogP contribution in [0.3, 0.4) is 0 Å². The van der Waals surface area contributed by atoms with Gasteiger partial charge in [-0.05, 0) is 43.7 Å². The maximum Gasteiger partial charge on any atom is 0.264 e. The number of Topliss-reactive ketones (excluding diaryl/α,β-unsaturated/α-hetero) is 1. The quantitative estimate of drug-likeness (QED) is 0.751. The Kier molecular flexibility index (Phi) is 6.73. The first-order valence-corrected chi connectivity index (χ1v) is 9.01. The van der Waals surface area contributed by atoms with Crippen molar-refractivity contribution in [1.29, 1.82) is 0 Å². The molecule has 0 atom stereocenters. The van der Waals surface area contributed by atoms with Gasteiger partial charge in [0.15, 0.2) is 5.78 Å². The minimum Gasteiger partial charge on any atom is -0.350 e. The highest BCUT2D eigenvalue weighted by Crippen LogP contribution is 2.19. The Labute approximate surface area is 155 Å². The van der Waals surface area contributed by atoms with Crippen LogP contribution in [0.5, 0.6) is 0 Å². The standard InChI is InChI=1S/C18H19ClN2O3S/c1-3-21(18(24)16-9-8-15(25-16)12(2)22)11-17(23)20-10-13-4-6-14(19)7-5-13/h4-9H,3,10-11H2,1-2H3,(H,20,23). The summed E-state index contributed by atoms with van der Waals surface area (Å²) < 4.78 is 0. The summed E-state index contributed by atoms with van der Waals surface area (Å²) in [5, 5.41) is 3.42. The van der Waals surface area contributed by atoms with E-state index in [1.807, 2.05) is 19.1 Å². The topological polar surface area (TPSA) is 66.5 Å². The molecule has 2 rings (SSSR count). The number of hydrogen-bond acceptors (Lipinski definition) is 4. The Hall–Kier alpha value is -2.18. The zero-order chi connectivity index (χ0) is 18.4. The van der Waals surface area contributed by atoms with Crippen molar-refractivity contribution >= 4 is 40.5 Å². The second-order valence-electron chi connectivity index (χ2n) is 5.44. The van der Waals surface area contributed by atoms with E-state index in [4.69, 9.17) is 11.6 Å². The summed E-state index contributed by atoms with van der Waals surface area (Å²) in [7, 11) is 0. The fourth-order valence-electron chi connectivity index (χ4n) is 2.16. The van der Waals surface area contributed by atoms with E-state index < -0.39 is 0 Å². The molecule has 0 aliphatic heterocycles. The molecule has 0 saturated heterocycles. The average Bonchev–Trinajstić information content (AvgIpc) is 3.09. The van der Waals surface area contributed by atoms with Crippen molar-refractivity contribution < 1.29 is 14.4 Å². The zero-order valence-corrected chi connectivity index (χ0v) is 15.6. The first-order chi connectivity index (χ1) is 11.9. The number of amides is 2. The molecule has 5 nitrogen and oxygen atoms in total. The van der Waals surface area contributed by atoms with Crippen LogP contribution in [0.4, 0.5) is 0 Å². The molecule has 0 aliphatic carbocycles. The van der Waals surface area contributed by atoms with Crippen LogP contribution in [0.25, 0.3) is 0 Å². The van der Waals surface area contributed by atoms with Crippen molar-refractivity contribution in [2.75, 3.05) is 13.1 Å². The summed E-state index contributed by atoms with van der Waals surface area (Å²) in [6, 6.07) is 10.4. The number of carbonyl (C=O) groups excluding carboxylic acids is 3. The van der Waals surface area contributed by atoms with Crippen molar-refractivity contribution in [1.82, 2.24) is 10.2 Å². The molecule has 2 aromatic rings. The van der Waals surface area contributed by atoms with Crippen LogP contribution >= 0.6 is 22.9 Å². The number of halogens is 1. The Morgan fingerprint density at radius 3 is 2.28 bits per heavy atom. The van der Waals surface area contributed by atoms with Crippen LogP contribution < -0.4 is 5.32 Å². The lowest BCUT2D eigenvalue weighted by Crippen LogP contribution is -2.40. The van der Waals surface area contributed by atoms with Gasteiger partial charge in [-0.15, -0.1) is 11.3 Å². The first kappa shape index (κ1) is 19.1. The van der Waals surface area contributed by atoms with Gasteiger partial charge in [-0.25, -0.2) is 0 Å². The summed E-state index contributed by atoms with van der Waals surface area (Å²) in [4.78, 5) is 38.4. The van der Waals surface area contributed by atoms with Crippen LogP contribution in [-0.4, -0.2) is 35.6 Å². The lowest BCUT2D eigenvalue weighted by Gasteiger charge is -2.19. The molecule has 0 aliphatic rings. The van der Waals surface area contributed by atoms with Crippen LogP contribution in [0, 0.1) is 0 Å². The third-order valence-corrected chi connectivity index (χ3v) is 5.00. The van der Waals surface area contributed by atoms with Gasteiger partial charge in [0.1, 0.15) is 0 Å². The minimum absolute atomic E-state index is 0.0315. The molecule has 0 spiro atoms. The van der Waals surface area contributed by atoms with Crippen molar-refractivity contribution in [3.63, 3.8) is 0 Å². The van der Waals surface area contributed by atoms with Crippen LogP contribution in [0.15, 0.2) is 36.4 Å². The smallest absolute Gasteiger partial charge is 0.264 e. The molecule has 0 bridgehead atoms. The van der Waals surface area contributed by atoms with Crippen LogP contribution in [0.2, 0.25) is 5.02 Å². The van der Waals surface area contributed by atoms with Gasteiger partial charge in [-0.2, -0.15) is 0 Å². The molecule has 1 heterocycles. The van der Waals surface area contributed by atoms with Gasteiger partial charge < -0.3 is 10.2 Å². The second kappa shape index (κ2) is 8.78. The molecule has 132 valence electrons. The Morgan fingerprint density at radius 2 is 1.72 bits per heavy atom. The van der Waals surface area contributed by atoms with E-state index in [2.05, 4.69) is 5.32 Å². The number of benzene rings is 1. The molecule has 0 radical (unpaired) electrons. The molecule has 0 fully saturated rings. The van der Waals surface area contributed by atoms with Gasteiger partial charge in [-0.3, -0.25) is 14.4 Å². The van der Waals surface area contributed by atoms with E-state index in [0.717, 1.165) is 16.9 Å². The van der Waals surface area contributed by atoms with Gasteiger partial charge in [0.25, 0.3) is 5.91 Å². The largest absolute Gasteiger partial charge is 0.350 e. The maximum atomic E-state index is 12.5. The lowest BCUT2D eigenvalue weighted by molar-refractivity contribution is -0.121. The highest BCUT2D eigenvalue weighted by Gasteiger charge is 2.19. The number of carbonyl (C=O) groups is 3. The summed E-state index contributed by atoms with van der Waals surface area (Å²) >= 11 is 6.97. The van der Waals surface area contributed by atoms with Gasteiger partial charge in [0.2, 0.25) is 5.91 Å². The lowest BCUT2D eigenvalue weighted by atomic mass is 10.2. The number of nitrogens with one attached hydrogen (secondary N) is 1. The highest BCUT2D eigenvalue weighted by atomic mass is 35.5. The van der Waals surface area contributed by atoms with E-state index in [-0.39, 0.29) is 24.1 Å². The van der Waals surface area contributed by atoms with Crippen molar-refractivity contribution in [2.45, 2.75) is 20.4 Å². The van der Waals surface area contributed by atoms with Gasteiger partial charge in [-0.1, -0.05) is 23.7 Å². The number of nitrogens with zero attached hydrogens (tertiary/aromatic N) is 1.